The van der Waals surface area contributed by atoms with Crippen molar-refractivity contribution >= 4 is 10.9 Å². The van der Waals surface area contributed by atoms with E-state index in [2.05, 4.69) is 20.5 Å². The van der Waals surface area contributed by atoms with E-state index in [1.807, 2.05) is 43.3 Å². The van der Waals surface area contributed by atoms with Gasteiger partial charge in [-0.15, -0.1) is 5.10 Å². The second kappa shape index (κ2) is 7.15. The number of aromatic nitrogens is 5. The van der Waals surface area contributed by atoms with Crippen LogP contribution in [0.25, 0.3) is 28.0 Å². The molecule has 8 heteroatoms. The van der Waals surface area contributed by atoms with E-state index in [-0.39, 0.29) is 0 Å². The van der Waals surface area contributed by atoms with Gasteiger partial charge in [-0.1, -0.05) is 0 Å². The van der Waals surface area contributed by atoms with Gasteiger partial charge < -0.3 is 14.2 Å². The maximum Gasteiger partial charge on any atom is 0.188 e. The summed E-state index contributed by atoms with van der Waals surface area (Å²) in [6, 6.07) is 11.3. The molecule has 0 aliphatic heterocycles. The van der Waals surface area contributed by atoms with Crippen molar-refractivity contribution in [2.24, 2.45) is 0 Å². The maximum absolute atomic E-state index is 5.43. The molecule has 2 aromatic heterocycles. The molecular weight excluding hydrogens is 358 g/mol. The van der Waals surface area contributed by atoms with E-state index in [9.17, 15) is 0 Å². The topological polar surface area (TPSA) is 84.2 Å². The largest absolute Gasteiger partial charge is 0.497 e. The Kier molecular flexibility index (Phi) is 4.52. The van der Waals surface area contributed by atoms with E-state index in [1.54, 1.807) is 32.2 Å². The quantitative estimate of drug-likeness (QED) is 0.528. The van der Waals surface area contributed by atoms with Gasteiger partial charge in [0.2, 0.25) is 0 Å². The minimum Gasteiger partial charge on any atom is -0.497 e. The molecule has 0 aliphatic rings. The standard InChI is InChI=1S/C20H19N5O3/c1-12-15-9-18(27-3)19(28-4)10-17(15)21-11-16(12)20-22-23-24-25(20)13-5-7-14(26-2)8-6-13/h5-11H,1-4H3. The average molecular weight is 377 g/mol. The van der Waals surface area contributed by atoms with Gasteiger partial charge in [0.05, 0.1) is 32.5 Å². The third kappa shape index (κ3) is 2.88. The van der Waals surface area contributed by atoms with E-state index in [1.165, 1.54) is 0 Å². The lowest BCUT2D eigenvalue weighted by Crippen LogP contribution is -2.02. The lowest BCUT2D eigenvalue weighted by atomic mass is 10.0. The van der Waals surface area contributed by atoms with Crippen molar-refractivity contribution in [3.8, 4) is 34.3 Å². The van der Waals surface area contributed by atoms with E-state index in [0.717, 1.165) is 33.5 Å². The molecule has 0 aliphatic carbocycles. The zero-order chi connectivity index (χ0) is 19.7. The highest BCUT2D eigenvalue weighted by Crippen LogP contribution is 2.35. The molecule has 0 unspecified atom stereocenters. The summed E-state index contributed by atoms with van der Waals surface area (Å²) in [5.74, 6) is 2.65. The highest BCUT2D eigenvalue weighted by Gasteiger charge is 2.17. The first-order valence-electron chi connectivity index (χ1n) is 8.60. The zero-order valence-corrected chi connectivity index (χ0v) is 16.0. The first kappa shape index (κ1) is 17.7. The van der Waals surface area contributed by atoms with Crippen LogP contribution in [0, 0.1) is 6.92 Å². The Morgan fingerprint density at radius 1 is 0.893 bits per heavy atom. The molecule has 0 saturated heterocycles. The molecular formula is C20H19N5O3. The molecule has 0 spiro atoms. The molecule has 0 saturated carbocycles. The Hall–Kier alpha value is -3.68. The van der Waals surface area contributed by atoms with Crippen LogP contribution in [0.1, 0.15) is 5.56 Å². The summed E-state index contributed by atoms with van der Waals surface area (Å²) in [7, 11) is 4.85. The van der Waals surface area contributed by atoms with Crippen LogP contribution in [0.5, 0.6) is 17.2 Å². The summed E-state index contributed by atoms with van der Waals surface area (Å²) < 4.78 is 17.7. The molecule has 142 valence electrons. The van der Waals surface area contributed by atoms with E-state index in [4.69, 9.17) is 14.2 Å². The Labute approximate surface area is 161 Å². The second-order valence-corrected chi connectivity index (χ2v) is 6.13. The number of nitrogens with zero attached hydrogens (tertiary/aromatic N) is 5. The number of tetrazole rings is 1. The van der Waals surface area contributed by atoms with Crippen LogP contribution < -0.4 is 14.2 Å². The van der Waals surface area contributed by atoms with Gasteiger partial charge in [-0.25, -0.2) is 0 Å². The number of ether oxygens (including phenoxy) is 3. The SMILES string of the molecule is COc1ccc(-n2nnnc2-c2cnc3cc(OC)c(OC)cc3c2C)cc1. The van der Waals surface area contributed by atoms with Crippen LogP contribution in [-0.4, -0.2) is 46.5 Å². The van der Waals surface area contributed by atoms with Gasteiger partial charge in [0.15, 0.2) is 17.3 Å². The first-order valence-corrected chi connectivity index (χ1v) is 8.60. The maximum atomic E-state index is 5.43. The number of benzene rings is 2. The summed E-state index contributed by atoms with van der Waals surface area (Å²) in [5, 5.41) is 13.2. The van der Waals surface area contributed by atoms with Gasteiger partial charge in [-0.3, -0.25) is 4.98 Å². The van der Waals surface area contributed by atoms with Crippen molar-refractivity contribution in [3.05, 3.63) is 48.2 Å². The van der Waals surface area contributed by atoms with Crippen LogP contribution in [0.2, 0.25) is 0 Å². The van der Waals surface area contributed by atoms with Gasteiger partial charge in [0.25, 0.3) is 0 Å². The fraction of sp³-hybridized carbons (Fsp3) is 0.200. The number of hydrogen-bond acceptors (Lipinski definition) is 7. The smallest absolute Gasteiger partial charge is 0.188 e. The highest BCUT2D eigenvalue weighted by molar-refractivity contribution is 5.90. The van der Waals surface area contributed by atoms with Crippen molar-refractivity contribution in [2.75, 3.05) is 21.3 Å². The molecule has 2 heterocycles. The fourth-order valence-electron chi connectivity index (χ4n) is 3.13. The van der Waals surface area contributed by atoms with Crippen molar-refractivity contribution in [3.63, 3.8) is 0 Å². The molecule has 28 heavy (non-hydrogen) atoms. The minimum absolute atomic E-state index is 0.604. The van der Waals surface area contributed by atoms with Crippen LogP contribution >= 0.6 is 0 Å². The molecule has 4 rings (SSSR count). The Balaban J connectivity index is 1.86. The van der Waals surface area contributed by atoms with E-state index in [0.29, 0.717) is 17.3 Å². The fourth-order valence-corrected chi connectivity index (χ4v) is 3.13. The molecule has 2 aromatic carbocycles. The Morgan fingerprint density at radius 2 is 1.61 bits per heavy atom. The van der Waals surface area contributed by atoms with Gasteiger partial charge in [-0.05, 0) is 53.2 Å². The monoisotopic (exact) mass is 377 g/mol. The molecule has 4 aromatic rings. The van der Waals surface area contributed by atoms with Gasteiger partial charge in [-0.2, -0.15) is 4.68 Å². The van der Waals surface area contributed by atoms with Gasteiger partial charge in [0, 0.05) is 23.2 Å². The van der Waals surface area contributed by atoms with Gasteiger partial charge >= 0.3 is 0 Å². The molecule has 0 fully saturated rings. The van der Waals surface area contributed by atoms with E-state index < -0.39 is 0 Å². The number of rotatable bonds is 5. The number of fused-ring (bicyclic) bond motifs is 1. The summed E-state index contributed by atoms with van der Waals surface area (Å²) in [5.41, 5.74) is 3.46. The van der Waals surface area contributed by atoms with Gasteiger partial charge in [0.1, 0.15) is 5.75 Å². The van der Waals surface area contributed by atoms with Crippen LogP contribution in [-0.2, 0) is 0 Å². The number of methoxy groups -OCH3 is 3. The third-order valence-electron chi connectivity index (χ3n) is 4.67. The third-order valence-corrected chi connectivity index (χ3v) is 4.67. The lowest BCUT2D eigenvalue weighted by molar-refractivity contribution is 0.356. The predicted molar refractivity (Wildman–Crippen MR) is 104 cm³/mol. The zero-order valence-electron chi connectivity index (χ0n) is 16.0. The Bertz CT molecular complexity index is 1140. The average Bonchev–Trinajstić information content (AvgIpc) is 3.22. The molecule has 0 N–H and O–H groups in total. The Morgan fingerprint density at radius 3 is 2.29 bits per heavy atom. The highest BCUT2D eigenvalue weighted by atomic mass is 16.5. The molecule has 0 atom stereocenters. The number of aryl methyl sites for hydroxylation is 1. The first-order chi connectivity index (χ1) is 13.7. The van der Waals surface area contributed by atoms with Crippen LogP contribution in [0.15, 0.2) is 42.6 Å². The minimum atomic E-state index is 0.604. The predicted octanol–water partition coefficient (Wildman–Crippen LogP) is 3.21. The van der Waals surface area contributed by atoms with Crippen molar-refractivity contribution < 1.29 is 14.2 Å². The lowest BCUT2D eigenvalue weighted by Gasteiger charge is -2.13. The van der Waals surface area contributed by atoms with Crippen molar-refractivity contribution in [1.29, 1.82) is 0 Å². The molecule has 0 bridgehead atoms. The number of hydrogen-bond donors (Lipinski definition) is 0. The van der Waals surface area contributed by atoms with Crippen molar-refractivity contribution in [2.45, 2.75) is 6.92 Å². The summed E-state index contributed by atoms with van der Waals surface area (Å²) in [4.78, 5) is 4.58. The normalized spacial score (nSPS) is 10.9. The molecule has 0 amide bonds. The summed E-state index contributed by atoms with van der Waals surface area (Å²) in [6.45, 7) is 2.01. The molecule has 8 nitrogen and oxygen atoms in total. The molecule has 0 radical (unpaired) electrons. The van der Waals surface area contributed by atoms with Crippen LogP contribution in [0.3, 0.4) is 0 Å². The number of pyridine rings is 1. The second-order valence-electron chi connectivity index (χ2n) is 6.13. The van der Waals surface area contributed by atoms with E-state index >= 15 is 0 Å². The summed E-state index contributed by atoms with van der Waals surface area (Å²) >= 11 is 0. The summed E-state index contributed by atoms with van der Waals surface area (Å²) in [6.07, 6.45) is 1.77. The van der Waals surface area contributed by atoms with Crippen molar-refractivity contribution in [1.82, 2.24) is 25.2 Å². The van der Waals surface area contributed by atoms with Crippen LogP contribution in [0.4, 0.5) is 0 Å².